The molecule has 1 atom stereocenters. The van der Waals surface area contributed by atoms with Crippen LogP contribution in [0.1, 0.15) is 53.4 Å². The molecule has 6 heteroatoms. The second-order valence-corrected chi connectivity index (χ2v) is 7.91. The summed E-state index contributed by atoms with van der Waals surface area (Å²) < 4.78 is 0. The highest BCUT2D eigenvalue weighted by molar-refractivity contribution is 7.17. The van der Waals surface area contributed by atoms with E-state index in [0.29, 0.717) is 23.0 Å². The van der Waals surface area contributed by atoms with Crippen molar-refractivity contribution < 1.29 is 9.59 Å². The number of nitrogens with one attached hydrogen (secondary N) is 1. The Balaban J connectivity index is 1.74. The van der Waals surface area contributed by atoms with Crippen molar-refractivity contribution in [1.82, 2.24) is 4.90 Å². The number of nitrogens with two attached hydrogens (primary N) is 1. The van der Waals surface area contributed by atoms with Gasteiger partial charge in [-0.1, -0.05) is 13.3 Å². The number of amides is 2. The second kappa shape index (κ2) is 7.01. The third-order valence-corrected chi connectivity index (χ3v) is 6.00. The van der Waals surface area contributed by atoms with Crippen LogP contribution >= 0.6 is 11.3 Å². The van der Waals surface area contributed by atoms with Crippen LogP contribution in [0.25, 0.3) is 0 Å². The van der Waals surface area contributed by atoms with Crippen LogP contribution in [0.3, 0.4) is 0 Å². The SMILES string of the molecule is C[C@@H]1CCc2c(sc(NC(=O)CN3CCCCC3)c2C(N)=O)C1. The average Bonchev–Trinajstić information content (AvgIpc) is 2.84. The van der Waals surface area contributed by atoms with Crippen molar-refractivity contribution in [3.05, 3.63) is 16.0 Å². The van der Waals surface area contributed by atoms with Crippen molar-refractivity contribution in [3.8, 4) is 0 Å². The molecule has 0 unspecified atom stereocenters. The van der Waals surface area contributed by atoms with Gasteiger partial charge >= 0.3 is 0 Å². The molecular formula is C17H25N3O2S. The first-order chi connectivity index (χ1) is 11.0. The number of likely N-dealkylation sites (tertiary alicyclic amines) is 1. The summed E-state index contributed by atoms with van der Waals surface area (Å²) in [4.78, 5) is 27.6. The van der Waals surface area contributed by atoms with Gasteiger partial charge in [-0.15, -0.1) is 11.3 Å². The standard InChI is InChI=1S/C17H25N3O2S/c1-11-5-6-12-13(9-11)23-17(15(12)16(18)22)19-14(21)10-20-7-3-2-4-8-20/h11H,2-10H2,1H3,(H2,18,22)(H,19,21)/t11-/m1/s1. The van der Waals surface area contributed by atoms with Crippen LogP contribution in [0.4, 0.5) is 5.00 Å². The number of nitrogens with zero attached hydrogens (tertiary/aromatic N) is 1. The fourth-order valence-electron chi connectivity index (χ4n) is 3.59. The molecule has 1 saturated heterocycles. The summed E-state index contributed by atoms with van der Waals surface area (Å²) >= 11 is 1.53. The fraction of sp³-hybridized carbons (Fsp3) is 0.647. The molecule has 2 heterocycles. The van der Waals surface area contributed by atoms with E-state index in [1.54, 1.807) is 0 Å². The normalized spacial score (nSPS) is 21.7. The molecule has 0 aromatic carbocycles. The van der Waals surface area contributed by atoms with E-state index in [-0.39, 0.29) is 5.91 Å². The van der Waals surface area contributed by atoms with Crippen molar-refractivity contribution in [2.24, 2.45) is 11.7 Å². The lowest BCUT2D eigenvalue weighted by molar-refractivity contribution is -0.117. The van der Waals surface area contributed by atoms with E-state index >= 15 is 0 Å². The van der Waals surface area contributed by atoms with Gasteiger partial charge in [0.15, 0.2) is 0 Å². The molecule has 3 N–H and O–H groups in total. The van der Waals surface area contributed by atoms with Crippen molar-refractivity contribution >= 4 is 28.2 Å². The van der Waals surface area contributed by atoms with Gasteiger partial charge in [-0.25, -0.2) is 0 Å². The Morgan fingerprint density at radius 2 is 2.04 bits per heavy atom. The molecule has 2 aliphatic rings. The maximum atomic E-state index is 12.3. The fourth-order valence-corrected chi connectivity index (χ4v) is 5.02. The average molecular weight is 335 g/mol. The number of fused-ring (bicyclic) bond motifs is 1. The van der Waals surface area contributed by atoms with E-state index in [4.69, 9.17) is 5.73 Å². The largest absolute Gasteiger partial charge is 0.365 e. The minimum absolute atomic E-state index is 0.0407. The third-order valence-electron chi connectivity index (χ3n) is 4.83. The zero-order valence-electron chi connectivity index (χ0n) is 13.7. The van der Waals surface area contributed by atoms with Crippen LogP contribution < -0.4 is 11.1 Å². The maximum Gasteiger partial charge on any atom is 0.251 e. The number of carbonyl (C=O) groups is 2. The number of carbonyl (C=O) groups excluding carboxylic acids is 2. The van der Waals surface area contributed by atoms with Crippen molar-refractivity contribution in [1.29, 1.82) is 0 Å². The molecule has 1 aromatic heterocycles. The van der Waals surface area contributed by atoms with E-state index in [1.165, 1.54) is 22.6 Å². The molecule has 0 saturated carbocycles. The Kier molecular flexibility index (Phi) is 5.02. The van der Waals surface area contributed by atoms with Gasteiger partial charge in [0.2, 0.25) is 5.91 Å². The summed E-state index contributed by atoms with van der Waals surface area (Å²) in [6.45, 7) is 4.58. The van der Waals surface area contributed by atoms with Crippen molar-refractivity contribution in [3.63, 3.8) is 0 Å². The number of primary amides is 1. The molecule has 5 nitrogen and oxygen atoms in total. The first-order valence-corrected chi connectivity index (χ1v) is 9.32. The van der Waals surface area contributed by atoms with E-state index in [0.717, 1.165) is 50.8 Å². The predicted octanol–water partition coefficient (Wildman–Crippen LogP) is 2.40. The van der Waals surface area contributed by atoms with Crippen LogP contribution in [0.2, 0.25) is 0 Å². The van der Waals surface area contributed by atoms with Crippen LogP contribution in [0, 0.1) is 5.92 Å². The first-order valence-electron chi connectivity index (χ1n) is 8.51. The predicted molar refractivity (Wildman–Crippen MR) is 92.9 cm³/mol. The third kappa shape index (κ3) is 3.75. The van der Waals surface area contributed by atoms with E-state index in [9.17, 15) is 9.59 Å². The quantitative estimate of drug-likeness (QED) is 0.887. The van der Waals surface area contributed by atoms with Gasteiger partial charge in [-0.3, -0.25) is 14.5 Å². The number of hydrogen-bond acceptors (Lipinski definition) is 4. The Hall–Kier alpha value is -1.40. The number of thiophene rings is 1. The van der Waals surface area contributed by atoms with Crippen molar-refractivity contribution in [2.75, 3.05) is 25.0 Å². The number of piperidine rings is 1. The highest BCUT2D eigenvalue weighted by atomic mass is 32.1. The molecule has 126 valence electrons. The lowest BCUT2D eigenvalue weighted by Gasteiger charge is -2.25. The zero-order valence-corrected chi connectivity index (χ0v) is 14.5. The highest BCUT2D eigenvalue weighted by Gasteiger charge is 2.27. The van der Waals surface area contributed by atoms with E-state index < -0.39 is 5.91 Å². The maximum absolute atomic E-state index is 12.3. The van der Waals surface area contributed by atoms with Crippen LogP contribution in [-0.4, -0.2) is 36.3 Å². The topological polar surface area (TPSA) is 75.4 Å². The summed E-state index contributed by atoms with van der Waals surface area (Å²) in [5.74, 6) is 0.158. The van der Waals surface area contributed by atoms with Crippen LogP contribution in [-0.2, 0) is 17.6 Å². The Bertz CT molecular complexity index is 605. The summed E-state index contributed by atoms with van der Waals surface area (Å²) in [6, 6.07) is 0. The summed E-state index contributed by atoms with van der Waals surface area (Å²) in [6.07, 6.45) is 6.50. The van der Waals surface area contributed by atoms with E-state index in [1.807, 2.05) is 0 Å². The molecule has 0 spiro atoms. The highest BCUT2D eigenvalue weighted by Crippen LogP contribution is 2.39. The van der Waals surface area contributed by atoms with Gasteiger partial charge in [0.05, 0.1) is 12.1 Å². The monoisotopic (exact) mass is 335 g/mol. The summed E-state index contributed by atoms with van der Waals surface area (Å²) in [7, 11) is 0. The van der Waals surface area contributed by atoms with Gasteiger partial charge in [0.25, 0.3) is 5.91 Å². The number of rotatable bonds is 4. The Morgan fingerprint density at radius 3 is 2.74 bits per heavy atom. The lowest BCUT2D eigenvalue weighted by Crippen LogP contribution is -2.37. The summed E-state index contributed by atoms with van der Waals surface area (Å²) in [5.41, 5.74) is 7.19. The molecular weight excluding hydrogens is 310 g/mol. The van der Waals surface area contributed by atoms with Gasteiger partial charge in [-0.05, 0) is 56.7 Å². The van der Waals surface area contributed by atoms with Gasteiger partial charge in [0.1, 0.15) is 5.00 Å². The molecule has 2 amide bonds. The molecule has 1 aliphatic heterocycles. The minimum Gasteiger partial charge on any atom is -0.365 e. The van der Waals surface area contributed by atoms with Crippen LogP contribution in [0.5, 0.6) is 0 Å². The summed E-state index contributed by atoms with van der Waals surface area (Å²) in [5, 5.41) is 3.60. The van der Waals surface area contributed by atoms with E-state index in [2.05, 4.69) is 17.1 Å². The zero-order chi connectivity index (χ0) is 16.4. The number of anilines is 1. The van der Waals surface area contributed by atoms with Gasteiger partial charge < -0.3 is 11.1 Å². The van der Waals surface area contributed by atoms with Crippen molar-refractivity contribution in [2.45, 2.75) is 45.4 Å². The Morgan fingerprint density at radius 1 is 1.30 bits per heavy atom. The van der Waals surface area contributed by atoms with Gasteiger partial charge in [0, 0.05) is 4.88 Å². The molecule has 23 heavy (non-hydrogen) atoms. The smallest absolute Gasteiger partial charge is 0.251 e. The Labute approximate surface area is 141 Å². The second-order valence-electron chi connectivity index (χ2n) is 6.81. The molecule has 1 aromatic rings. The number of hydrogen-bond donors (Lipinski definition) is 2. The molecule has 1 aliphatic carbocycles. The molecule has 0 radical (unpaired) electrons. The minimum atomic E-state index is -0.426. The lowest BCUT2D eigenvalue weighted by atomic mass is 9.88. The van der Waals surface area contributed by atoms with Crippen LogP contribution in [0.15, 0.2) is 0 Å². The molecule has 3 rings (SSSR count). The first kappa shape index (κ1) is 16.5. The molecule has 0 bridgehead atoms. The molecule has 1 fully saturated rings. The van der Waals surface area contributed by atoms with Gasteiger partial charge in [-0.2, -0.15) is 0 Å².